The van der Waals surface area contributed by atoms with Crippen LogP contribution in [0.15, 0.2) is 65.1 Å². The van der Waals surface area contributed by atoms with Crippen molar-refractivity contribution in [1.29, 1.82) is 0 Å². The van der Waals surface area contributed by atoms with Gasteiger partial charge in [0.1, 0.15) is 5.01 Å². The molecule has 2 aromatic heterocycles. The van der Waals surface area contributed by atoms with Crippen LogP contribution in [0.4, 0.5) is 0 Å². The van der Waals surface area contributed by atoms with Gasteiger partial charge in [0.15, 0.2) is 5.16 Å². The van der Waals surface area contributed by atoms with Gasteiger partial charge in [-0.3, -0.25) is 4.79 Å². The van der Waals surface area contributed by atoms with Crippen molar-refractivity contribution in [2.45, 2.75) is 25.2 Å². The predicted molar refractivity (Wildman–Crippen MR) is 116 cm³/mol. The van der Waals surface area contributed by atoms with Crippen LogP contribution in [-0.4, -0.2) is 26.2 Å². The van der Waals surface area contributed by atoms with E-state index in [4.69, 9.17) is 0 Å². The molecule has 1 amide bonds. The number of nitrogens with one attached hydrogen (secondary N) is 1. The highest BCUT2D eigenvalue weighted by atomic mass is 32.2. The zero-order chi connectivity index (χ0) is 19.3. The summed E-state index contributed by atoms with van der Waals surface area (Å²) in [7, 11) is 0. The number of thioether (sulfide) groups is 1. The smallest absolute Gasteiger partial charge is 0.230 e. The third-order valence-corrected chi connectivity index (χ3v) is 6.22. The molecule has 0 atom stereocenters. The van der Waals surface area contributed by atoms with Crippen LogP contribution in [0.2, 0.25) is 0 Å². The number of imidazole rings is 1. The molecule has 4 rings (SSSR count). The highest BCUT2D eigenvalue weighted by Crippen LogP contribution is 2.24. The number of fused-ring (bicyclic) bond motifs is 1. The zero-order valence-corrected chi connectivity index (χ0v) is 17.1. The van der Waals surface area contributed by atoms with E-state index in [1.54, 1.807) is 11.3 Å². The number of carbonyl (C=O) groups is 1. The molecule has 0 radical (unpaired) electrons. The summed E-state index contributed by atoms with van der Waals surface area (Å²) in [5, 5.41) is 6.79. The summed E-state index contributed by atoms with van der Waals surface area (Å²) in [5.41, 5.74) is 4.04. The Morgan fingerprint density at radius 3 is 2.71 bits per heavy atom. The van der Waals surface area contributed by atoms with Gasteiger partial charge in [-0.25, -0.2) is 9.97 Å². The molecular weight excluding hydrogens is 388 g/mol. The number of para-hydroxylation sites is 2. The van der Waals surface area contributed by atoms with Crippen LogP contribution >= 0.6 is 23.1 Å². The van der Waals surface area contributed by atoms with Crippen molar-refractivity contribution in [2.75, 3.05) is 5.75 Å². The number of hydrogen-bond donors (Lipinski definition) is 1. The van der Waals surface area contributed by atoms with Crippen LogP contribution in [-0.2, 0) is 17.9 Å². The van der Waals surface area contributed by atoms with Crippen molar-refractivity contribution in [3.63, 3.8) is 0 Å². The Bertz CT molecular complexity index is 1090. The monoisotopic (exact) mass is 408 g/mol. The molecule has 0 saturated carbocycles. The van der Waals surface area contributed by atoms with Gasteiger partial charge in [-0.2, -0.15) is 0 Å². The van der Waals surface area contributed by atoms with Crippen molar-refractivity contribution in [3.05, 3.63) is 65.7 Å². The summed E-state index contributed by atoms with van der Waals surface area (Å²) in [6.45, 7) is 3.35. The first-order valence-corrected chi connectivity index (χ1v) is 11.0. The molecule has 0 aliphatic rings. The van der Waals surface area contributed by atoms with Gasteiger partial charge in [0.05, 0.1) is 29.0 Å². The Balaban J connectivity index is 1.34. The highest BCUT2D eigenvalue weighted by molar-refractivity contribution is 7.99. The van der Waals surface area contributed by atoms with Crippen LogP contribution in [0, 0.1) is 0 Å². The maximum absolute atomic E-state index is 12.3. The average Bonchev–Trinajstić information content (AvgIpc) is 3.35. The van der Waals surface area contributed by atoms with Gasteiger partial charge in [0, 0.05) is 17.5 Å². The minimum absolute atomic E-state index is 0.0195. The first kappa shape index (κ1) is 18.7. The first-order valence-electron chi connectivity index (χ1n) is 9.09. The number of benzene rings is 2. The number of nitrogens with zero attached hydrogens (tertiary/aromatic N) is 3. The van der Waals surface area contributed by atoms with Crippen molar-refractivity contribution in [2.24, 2.45) is 0 Å². The SMILES string of the molecule is CCn1c(SCC(=O)NCc2csc(-c3ccccc3)n2)nc2ccccc21. The number of aromatic nitrogens is 3. The third-order valence-electron chi connectivity index (χ3n) is 4.31. The molecule has 0 bridgehead atoms. The van der Waals surface area contributed by atoms with Crippen molar-refractivity contribution >= 4 is 40.0 Å². The Morgan fingerprint density at radius 2 is 1.89 bits per heavy atom. The molecule has 0 spiro atoms. The van der Waals surface area contributed by atoms with Gasteiger partial charge in [0.25, 0.3) is 0 Å². The summed E-state index contributed by atoms with van der Waals surface area (Å²) in [6, 6.07) is 18.1. The van der Waals surface area contributed by atoms with Gasteiger partial charge < -0.3 is 9.88 Å². The summed E-state index contributed by atoms with van der Waals surface area (Å²) in [5.74, 6) is 0.313. The molecule has 4 aromatic rings. The summed E-state index contributed by atoms with van der Waals surface area (Å²) in [4.78, 5) is 21.5. The van der Waals surface area contributed by atoms with E-state index >= 15 is 0 Å². The summed E-state index contributed by atoms with van der Waals surface area (Å²) in [6.07, 6.45) is 0. The lowest BCUT2D eigenvalue weighted by molar-refractivity contribution is -0.118. The number of carbonyl (C=O) groups excluding carboxylic acids is 1. The van der Waals surface area contributed by atoms with E-state index in [1.165, 1.54) is 11.8 Å². The Labute approximate surface area is 171 Å². The van der Waals surface area contributed by atoms with E-state index in [-0.39, 0.29) is 5.91 Å². The average molecular weight is 409 g/mol. The summed E-state index contributed by atoms with van der Waals surface area (Å²) < 4.78 is 2.14. The molecule has 0 aliphatic carbocycles. The number of amides is 1. The standard InChI is InChI=1S/C21H20N4OS2/c1-2-25-18-11-7-6-10-17(18)24-21(25)28-14-19(26)22-12-16-13-27-20(23-16)15-8-4-3-5-9-15/h3-11,13H,2,12,14H2,1H3,(H,22,26). The molecule has 0 fully saturated rings. The van der Waals surface area contributed by atoms with Gasteiger partial charge in [-0.05, 0) is 19.1 Å². The minimum atomic E-state index is -0.0195. The fourth-order valence-corrected chi connectivity index (χ4v) is 4.68. The lowest BCUT2D eigenvalue weighted by atomic mass is 10.2. The second-order valence-electron chi connectivity index (χ2n) is 6.20. The Hall–Kier alpha value is -2.64. The highest BCUT2D eigenvalue weighted by Gasteiger charge is 2.12. The van der Waals surface area contributed by atoms with E-state index in [2.05, 4.69) is 32.8 Å². The lowest BCUT2D eigenvalue weighted by Crippen LogP contribution is -2.24. The molecule has 142 valence electrons. The van der Waals surface area contributed by atoms with Crippen LogP contribution < -0.4 is 5.32 Å². The van der Waals surface area contributed by atoms with E-state index in [0.29, 0.717) is 12.3 Å². The Morgan fingerprint density at radius 1 is 1.11 bits per heavy atom. The van der Waals surface area contributed by atoms with Crippen LogP contribution in [0.25, 0.3) is 21.6 Å². The fourth-order valence-electron chi connectivity index (χ4n) is 2.94. The van der Waals surface area contributed by atoms with E-state index < -0.39 is 0 Å². The van der Waals surface area contributed by atoms with E-state index in [9.17, 15) is 4.79 Å². The quantitative estimate of drug-likeness (QED) is 0.455. The molecule has 0 saturated heterocycles. The number of aryl methyl sites for hydroxylation is 1. The van der Waals surface area contributed by atoms with Crippen molar-refractivity contribution in [3.8, 4) is 10.6 Å². The summed E-state index contributed by atoms with van der Waals surface area (Å²) >= 11 is 3.06. The van der Waals surface area contributed by atoms with E-state index in [0.717, 1.165) is 39.0 Å². The molecule has 0 unspecified atom stereocenters. The van der Waals surface area contributed by atoms with Crippen LogP contribution in [0.5, 0.6) is 0 Å². The van der Waals surface area contributed by atoms with Gasteiger partial charge >= 0.3 is 0 Å². The second kappa shape index (κ2) is 8.58. The predicted octanol–water partition coefficient (Wildman–Crippen LogP) is 4.59. The molecule has 2 aromatic carbocycles. The molecular formula is C21H20N4OS2. The van der Waals surface area contributed by atoms with Crippen molar-refractivity contribution in [1.82, 2.24) is 19.9 Å². The molecule has 28 heavy (non-hydrogen) atoms. The molecule has 5 nitrogen and oxygen atoms in total. The normalized spacial score (nSPS) is 11.0. The number of rotatable bonds is 7. The van der Waals surface area contributed by atoms with Gasteiger partial charge in [0.2, 0.25) is 5.91 Å². The van der Waals surface area contributed by atoms with Gasteiger partial charge in [-0.1, -0.05) is 54.2 Å². The van der Waals surface area contributed by atoms with E-state index in [1.807, 2.05) is 53.9 Å². The molecule has 0 aliphatic heterocycles. The topological polar surface area (TPSA) is 59.8 Å². The van der Waals surface area contributed by atoms with Gasteiger partial charge in [-0.15, -0.1) is 11.3 Å². The molecule has 7 heteroatoms. The number of thiazole rings is 1. The van der Waals surface area contributed by atoms with Crippen LogP contribution in [0.1, 0.15) is 12.6 Å². The molecule has 1 N–H and O–H groups in total. The lowest BCUT2D eigenvalue weighted by Gasteiger charge is -2.06. The number of hydrogen-bond acceptors (Lipinski definition) is 5. The fraction of sp³-hybridized carbons (Fsp3) is 0.190. The van der Waals surface area contributed by atoms with Crippen LogP contribution in [0.3, 0.4) is 0 Å². The maximum Gasteiger partial charge on any atom is 0.230 e. The maximum atomic E-state index is 12.3. The first-order chi connectivity index (χ1) is 13.7. The zero-order valence-electron chi connectivity index (χ0n) is 15.5. The second-order valence-corrected chi connectivity index (χ2v) is 8.00. The molecule has 2 heterocycles. The minimum Gasteiger partial charge on any atom is -0.350 e. The Kier molecular flexibility index (Phi) is 5.73. The third kappa shape index (κ3) is 4.10. The largest absolute Gasteiger partial charge is 0.350 e. The van der Waals surface area contributed by atoms with Crippen molar-refractivity contribution < 1.29 is 4.79 Å².